The van der Waals surface area contributed by atoms with Crippen molar-refractivity contribution in [2.75, 3.05) is 32.6 Å². The molecule has 0 unspecified atom stereocenters. The van der Waals surface area contributed by atoms with Crippen LogP contribution in [-0.4, -0.2) is 50.1 Å². The minimum absolute atomic E-state index is 0.142. The molecule has 0 aromatic heterocycles. The van der Waals surface area contributed by atoms with Crippen molar-refractivity contribution in [3.05, 3.63) is 59.7 Å². The van der Waals surface area contributed by atoms with E-state index in [0.29, 0.717) is 17.0 Å². The largest absolute Gasteiger partial charge is 0.496 e. The quantitative estimate of drug-likeness (QED) is 0.701. The second-order valence-electron chi connectivity index (χ2n) is 7.13. The average Bonchev–Trinajstić information content (AvgIpc) is 2.75. The summed E-state index contributed by atoms with van der Waals surface area (Å²) in [5.41, 5.74) is 2.33. The zero-order valence-corrected chi connectivity index (χ0v) is 16.9. The molecule has 7 heteroatoms. The molecule has 1 aliphatic heterocycles. The van der Waals surface area contributed by atoms with Crippen LogP contribution in [0.2, 0.25) is 0 Å². The van der Waals surface area contributed by atoms with Gasteiger partial charge in [-0.2, -0.15) is 0 Å². The first kappa shape index (κ1) is 20.7. The van der Waals surface area contributed by atoms with Crippen LogP contribution in [0.5, 0.6) is 5.75 Å². The van der Waals surface area contributed by atoms with Crippen molar-refractivity contribution in [3.8, 4) is 5.75 Å². The number of amides is 3. The highest BCUT2D eigenvalue weighted by Gasteiger charge is 2.22. The SMILES string of the molecule is CNC(=O)Nc1ccc(C(=O)NC2CCN(Cc3ccccc3)CC2)c(OC)c1. The maximum atomic E-state index is 12.8. The van der Waals surface area contributed by atoms with Gasteiger partial charge in [-0.1, -0.05) is 30.3 Å². The minimum atomic E-state index is -0.327. The van der Waals surface area contributed by atoms with E-state index in [1.807, 2.05) is 6.07 Å². The number of ether oxygens (including phenoxy) is 1. The van der Waals surface area contributed by atoms with Crippen LogP contribution in [0.1, 0.15) is 28.8 Å². The van der Waals surface area contributed by atoms with Crippen LogP contribution in [0, 0.1) is 0 Å². The number of anilines is 1. The first-order valence-electron chi connectivity index (χ1n) is 9.83. The molecule has 0 spiro atoms. The van der Waals surface area contributed by atoms with Crippen LogP contribution in [0.4, 0.5) is 10.5 Å². The molecule has 3 rings (SSSR count). The van der Waals surface area contributed by atoms with Crippen molar-refractivity contribution >= 4 is 17.6 Å². The minimum Gasteiger partial charge on any atom is -0.496 e. The van der Waals surface area contributed by atoms with Gasteiger partial charge in [-0.05, 0) is 30.5 Å². The number of methoxy groups -OCH3 is 1. The highest BCUT2D eigenvalue weighted by molar-refractivity contribution is 5.98. The van der Waals surface area contributed by atoms with Gasteiger partial charge < -0.3 is 20.7 Å². The number of nitrogens with zero attached hydrogens (tertiary/aromatic N) is 1. The molecule has 1 fully saturated rings. The fourth-order valence-electron chi connectivity index (χ4n) is 3.49. The summed E-state index contributed by atoms with van der Waals surface area (Å²) < 4.78 is 5.35. The number of benzene rings is 2. The third-order valence-electron chi connectivity index (χ3n) is 5.10. The molecule has 0 bridgehead atoms. The molecule has 3 amide bonds. The molecule has 154 valence electrons. The number of rotatable bonds is 6. The summed E-state index contributed by atoms with van der Waals surface area (Å²) in [7, 11) is 3.05. The van der Waals surface area contributed by atoms with Gasteiger partial charge in [-0.25, -0.2) is 4.79 Å². The second-order valence-corrected chi connectivity index (χ2v) is 7.13. The average molecular weight is 396 g/mol. The number of hydrogen-bond acceptors (Lipinski definition) is 4. The first-order chi connectivity index (χ1) is 14.1. The Hall–Kier alpha value is -3.06. The standard InChI is InChI=1S/C22H28N4O3/c1-23-22(28)25-18-8-9-19(20(14-18)29-2)21(27)24-17-10-12-26(13-11-17)15-16-6-4-3-5-7-16/h3-9,14,17H,10-13,15H2,1-2H3,(H,24,27)(H2,23,25,28). The molecule has 7 nitrogen and oxygen atoms in total. The van der Waals surface area contributed by atoms with Gasteiger partial charge in [-0.15, -0.1) is 0 Å². The molecule has 2 aromatic rings. The van der Waals surface area contributed by atoms with Gasteiger partial charge in [0.15, 0.2) is 0 Å². The van der Waals surface area contributed by atoms with Gasteiger partial charge >= 0.3 is 6.03 Å². The number of carbonyl (C=O) groups excluding carboxylic acids is 2. The van der Waals surface area contributed by atoms with E-state index in [9.17, 15) is 9.59 Å². The van der Waals surface area contributed by atoms with Gasteiger partial charge in [0, 0.05) is 44.5 Å². The number of hydrogen-bond donors (Lipinski definition) is 3. The van der Waals surface area contributed by atoms with Gasteiger partial charge in [0.1, 0.15) is 5.75 Å². The summed E-state index contributed by atoms with van der Waals surface area (Å²) in [5.74, 6) is 0.271. The zero-order valence-electron chi connectivity index (χ0n) is 16.9. The van der Waals surface area contributed by atoms with Crippen LogP contribution in [0.3, 0.4) is 0 Å². The fraction of sp³-hybridized carbons (Fsp3) is 0.364. The molecule has 0 aliphatic carbocycles. The van der Waals surface area contributed by atoms with E-state index in [1.54, 1.807) is 25.2 Å². The summed E-state index contributed by atoms with van der Waals surface area (Å²) >= 11 is 0. The van der Waals surface area contributed by atoms with Crippen LogP contribution >= 0.6 is 0 Å². The highest BCUT2D eigenvalue weighted by Crippen LogP contribution is 2.24. The summed E-state index contributed by atoms with van der Waals surface area (Å²) in [5, 5.41) is 8.28. The van der Waals surface area contributed by atoms with E-state index in [1.165, 1.54) is 12.7 Å². The molecule has 2 aromatic carbocycles. The molecule has 29 heavy (non-hydrogen) atoms. The zero-order chi connectivity index (χ0) is 20.6. The first-order valence-corrected chi connectivity index (χ1v) is 9.83. The van der Waals surface area contributed by atoms with Crippen LogP contribution in [-0.2, 0) is 6.54 Å². The summed E-state index contributed by atoms with van der Waals surface area (Å²) in [6.45, 7) is 2.84. The molecular weight excluding hydrogens is 368 g/mol. The molecule has 1 aliphatic rings. The van der Waals surface area contributed by atoms with Crippen molar-refractivity contribution in [3.63, 3.8) is 0 Å². The fourth-order valence-corrected chi connectivity index (χ4v) is 3.49. The third-order valence-corrected chi connectivity index (χ3v) is 5.10. The number of urea groups is 1. The van der Waals surface area contributed by atoms with Gasteiger partial charge in [0.2, 0.25) is 0 Å². The summed E-state index contributed by atoms with van der Waals surface area (Å²) in [6.07, 6.45) is 1.83. The van der Waals surface area contributed by atoms with E-state index in [4.69, 9.17) is 4.74 Å². The topological polar surface area (TPSA) is 82.7 Å². The van der Waals surface area contributed by atoms with Crippen LogP contribution < -0.4 is 20.7 Å². The Kier molecular flexibility index (Phi) is 7.08. The van der Waals surface area contributed by atoms with Crippen LogP contribution in [0.15, 0.2) is 48.5 Å². The van der Waals surface area contributed by atoms with E-state index in [-0.39, 0.29) is 18.0 Å². The monoisotopic (exact) mass is 396 g/mol. The number of nitrogens with one attached hydrogen (secondary N) is 3. The second kappa shape index (κ2) is 9.93. The predicted molar refractivity (Wildman–Crippen MR) is 113 cm³/mol. The number of likely N-dealkylation sites (tertiary alicyclic amines) is 1. The van der Waals surface area contributed by atoms with E-state index in [2.05, 4.69) is 45.1 Å². The molecule has 0 saturated carbocycles. The van der Waals surface area contributed by atoms with Crippen molar-refractivity contribution < 1.29 is 14.3 Å². The molecule has 1 heterocycles. The molecular formula is C22H28N4O3. The van der Waals surface area contributed by atoms with Crippen molar-refractivity contribution in [2.24, 2.45) is 0 Å². The third kappa shape index (κ3) is 5.71. The normalized spacial score (nSPS) is 14.8. The Morgan fingerprint density at radius 1 is 1.10 bits per heavy atom. The molecule has 3 N–H and O–H groups in total. The maximum absolute atomic E-state index is 12.8. The van der Waals surface area contributed by atoms with Crippen LogP contribution in [0.25, 0.3) is 0 Å². The molecule has 0 radical (unpaired) electrons. The lowest BCUT2D eigenvalue weighted by Crippen LogP contribution is -2.44. The molecule has 1 saturated heterocycles. The Balaban J connectivity index is 1.54. The van der Waals surface area contributed by atoms with E-state index < -0.39 is 0 Å². The van der Waals surface area contributed by atoms with Gasteiger partial charge in [0.25, 0.3) is 5.91 Å². The Labute approximate surface area is 171 Å². The number of piperidine rings is 1. The Morgan fingerprint density at radius 3 is 2.48 bits per heavy atom. The van der Waals surface area contributed by atoms with Gasteiger partial charge in [0.05, 0.1) is 12.7 Å². The lowest BCUT2D eigenvalue weighted by Gasteiger charge is -2.32. The predicted octanol–water partition coefficient (Wildman–Crippen LogP) is 2.84. The highest BCUT2D eigenvalue weighted by atomic mass is 16.5. The Bertz CT molecular complexity index is 833. The Morgan fingerprint density at radius 2 is 1.83 bits per heavy atom. The van der Waals surface area contributed by atoms with E-state index >= 15 is 0 Å². The van der Waals surface area contributed by atoms with Crippen molar-refractivity contribution in [1.82, 2.24) is 15.5 Å². The lowest BCUT2D eigenvalue weighted by atomic mass is 10.0. The summed E-state index contributed by atoms with van der Waals surface area (Å²) in [6, 6.07) is 15.3. The van der Waals surface area contributed by atoms with Crippen molar-refractivity contribution in [2.45, 2.75) is 25.4 Å². The smallest absolute Gasteiger partial charge is 0.318 e. The van der Waals surface area contributed by atoms with Gasteiger partial charge in [-0.3, -0.25) is 9.69 Å². The number of carbonyl (C=O) groups is 2. The lowest BCUT2D eigenvalue weighted by molar-refractivity contribution is 0.0906. The van der Waals surface area contributed by atoms with E-state index in [0.717, 1.165) is 32.5 Å². The maximum Gasteiger partial charge on any atom is 0.318 e. The summed E-state index contributed by atoms with van der Waals surface area (Å²) in [4.78, 5) is 26.6. The molecule has 0 atom stereocenters. The van der Waals surface area contributed by atoms with Crippen molar-refractivity contribution in [1.29, 1.82) is 0 Å².